The molecular formula is C20H38IN5OS. The van der Waals surface area contributed by atoms with Crippen LogP contribution >= 0.6 is 35.3 Å². The number of piperidine rings is 1. The summed E-state index contributed by atoms with van der Waals surface area (Å²) in [6.45, 7) is 9.88. The summed E-state index contributed by atoms with van der Waals surface area (Å²) in [5.74, 6) is 1.79. The summed E-state index contributed by atoms with van der Waals surface area (Å²) >= 11 is 1.65. The lowest BCUT2D eigenvalue weighted by Gasteiger charge is -2.30. The maximum atomic E-state index is 5.34. The van der Waals surface area contributed by atoms with Gasteiger partial charge in [0.15, 0.2) is 5.96 Å². The van der Waals surface area contributed by atoms with Crippen molar-refractivity contribution in [3.05, 3.63) is 16.1 Å². The van der Waals surface area contributed by atoms with Gasteiger partial charge in [-0.1, -0.05) is 6.92 Å². The van der Waals surface area contributed by atoms with Gasteiger partial charge in [-0.2, -0.15) is 0 Å². The van der Waals surface area contributed by atoms with Gasteiger partial charge >= 0.3 is 0 Å². The van der Waals surface area contributed by atoms with E-state index in [1.807, 2.05) is 14.0 Å². The van der Waals surface area contributed by atoms with E-state index in [4.69, 9.17) is 4.74 Å². The van der Waals surface area contributed by atoms with Gasteiger partial charge in [0.05, 0.1) is 12.2 Å². The molecule has 1 N–H and O–H groups in total. The van der Waals surface area contributed by atoms with Gasteiger partial charge in [0.1, 0.15) is 11.1 Å². The lowest BCUT2D eigenvalue weighted by molar-refractivity contribution is 0.119. The van der Waals surface area contributed by atoms with Crippen molar-refractivity contribution in [2.75, 3.05) is 47.4 Å². The number of guanidine groups is 1. The smallest absolute Gasteiger partial charge is 0.193 e. The molecule has 1 fully saturated rings. The highest BCUT2D eigenvalue weighted by atomic mass is 127. The Morgan fingerprint density at radius 1 is 1.50 bits per heavy atom. The third-order valence-electron chi connectivity index (χ3n) is 5.17. The molecule has 0 bridgehead atoms. The number of hydrogen-bond acceptors (Lipinski definition) is 5. The van der Waals surface area contributed by atoms with Crippen LogP contribution in [-0.2, 0) is 11.3 Å². The first-order chi connectivity index (χ1) is 13.0. The Kier molecular flexibility index (Phi) is 12.5. The lowest BCUT2D eigenvalue weighted by atomic mass is 10.0. The van der Waals surface area contributed by atoms with Crippen molar-refractivity contribution in [2.24, 2.45) is 10.9 Å². The Balaban J connectivity index is 0.00000392. The van der Waals surface area contributed by atoms with Crippen molar-refractivity contribution in [3.63, 3.8) is 0 Å². The maximum Gasteiger partial charge on any atom is 0.193 e. The van der Waals surface area contributed by atoms with Crippen LogP contribution in [0.2, 0.25) is 0 Å². The SMILES string of the molecule is CN=C(NCCCCN1CCCC(C)C1)N(C)Cc1csc(C(C)OC)n1.I. The van der Waals surface area contributed by atoms with Gasteiger partial charge in [0.2, 0.25) is 0 Å². The Morgan fingerprint density at radius 2 is 2.29 bits per heavy atom. The third-order valence-corrected chi connectivity index (χ3v) is 6.22. The molecule has 2 heterocycles. The van der Waals surface area contributed by atoms with E-state index in [0.29, 0.717) is 0 Å². The number of hydrogen-bond donors (Lipinski definition) is 1. The van der Waals surface area contributed by atoms with Crippen molar-refractivity contribution in [1.29, 1.82) is 0 Å². The number of aliphatic imine (C=N–C) groups is 1. The van der Waals surface area contributed by atoms with Crippen molar-refractivity contribution in [1.82, 2.24) is 20.1 Å². The fourth-order valence-electron chi connectivity index (χ4n) is 3.54. The van der Waals surface area contributed by atoms with Crippen LogP contribution in [-0.4, -0.2) is 68.1 Å². The minimum absolute atomic E-state index is 0. The summed E-state index contributed by atoms with van der Waals surface area (Å²) < 4.78 is 5.34. The molecule has 1 aromatic rings. The van der Waals surface area contributed by atoms with E-state index in [1.165, 1.54) is 45.3 Å². The van der Waals surface area contributed by atoms with Gasteiger partial charge in [-0.05, 0) is 51.6 Å². The first-order valence-electron chi connectivity index (χ1n) is 10.1. The fraction of sp³-hybridized carbons (Fsp3) is 0.800. The molecular weight excluding hydrogens is 485 g/mol. The number of rotatable bonds is 9. The molecule has 8 heteroatoms. The zero-order valence-electron chi connectivity index (χ0n) is 18.1. The summed E-state index contributed by atoms with van der Waals surface area (Å²) in [7, 11) is 5.62. The minimum atomic E-state index is 0. The van der Waals surface area contributed by atoms with E-state index in [1.54, 1.807) is 18.4 Å². The van der Waals surface area contributed by atoms with Crippen LogP contribution in [0.15, 0.2) is 10.4 Å². The van der Waals surface area contributed by atoms with E-state index in [-0.39, 0.29) is 30.1 Å². The Morgan fingerprint density at radius 3 is 2.96 bits per heavy atom. The minimum Gasteiger partial charge on any atom is -0.375 e. The van der Waals surface area contributed by atoms with Gasteiger partial charge in [-0.15, -0.1) is 35.3 Å². The second-order valence-electron chi connectivity index (χ2n) is 7.64. The maximum absolute atomic E-state index is 5.34. The molecule has 0 aromatic carbocycles. The monoisotopic (exact) mass is 523 g/mol. The van der Waals surface area contributed by atoms with Gasteiger partial charge in [-0.3, -0.25) is 4.99 Å². The average Bonchev–Trinajstić information content (AvgIpc) is 3.12. The number of halogens is 1. The lowest BCUT2D eigenvalue weighted by Crippen LogP contribution is -2.39. The van der Waals surface area contributed by atoms with Crippen LogP contribution in [0, 0.1) is 5.92 Å². The van der Waals surface area contributed by atoms with E-state index in [2.05, 4.69) is 44.4 Å². The van der Waals surface area contributed by atoms with Gasteiger partial charge in [0, 0.05) is 39.7 Å². The number of nitrogens with one attached hydrogen (secondary N) is 1. The highest BCUT2D eigenvalue weighted by Gasteiger charge is 2.15. The molecule has 6 nitrogen and oxygen atoms in total. The summed E-state index contributed by atoms with van der Waals surface area (Å²) in [6, 6.07) is 0. The molecule has 0 aliphatic carbocycles. The first kappa shape index (κ1) is 25.6. The number of nitrogens with zero attached hydrogens (tertiary/aromatic N) is 4. The first-order valence-corrected chi connectivity index (χ1v) is 11.0. The van der Waals surface area contributed by atoms with E-state index >= 15 is 0 Å². The topological polar surface area (TPSA) is 53.0 Å². The fourth-order valence-corrected chi connectivity index (χ4v) is 4.38. The standard InChI is InChI=1S/C20H37N5OS.HI/c1-16-9-8-12-25(13-16)11-7-6-10-22-20(21-3)24(4)14-18-15-27-19(23-18)17(2)26-5;/h15-17H,6-14H2,1-5H3,(H,21,22);1H. The number of likely N-dealkylation sites (tertiary alicyclic amines) is 1. The van der Waals surface area contributed by atoms with Crippen molar-refractivity contribution in [3.8, 4) is 0 Å². The van der Waals surface area contributed by atoms with Crippen LogP contribution in [0.25, 0.3) is 0 Å². The summed E-state index contributed by atoms with van der Waals surface area (Å²) in [4.78, 5) is 13.8. The molecule has 1 aliphatic rings. The normalized spacial score (nSPS) is 19.2. The molecule has 0 saturated carbocycles. The second-order valence-corrected chi connectivity index (χ2v) is 8.53. The van der Waals surface area contributed by atoms with Crippen LogP contribution in [0.5, 0.6) is 0 Å². The van der Waals surface area contributed by atoms with Gasteiger partial charge in [-0.25, -0.2) is 4.98 Å². The average molecular weight is 524 g/mol. The predicted molar refractivity (Wildman–Crippen MR) is 130 cm³/mol. The van der Waals surface area contributed by atoms with Crippen LogP contribution < -0.4 is 5.32 Å². The summed E-state index contributed by atoms with van der Waals surface area (Å²) in [6.07, 6.45) is 5.22. The van der Waals surface area contributed by atoms with Crippen LogP contribution in [0.1, 0.15) is 56.3 Å². The molecule has 0 radical (unpaired) electrons. The molecule has 2 unspecified atom stereocenters. The van der Waals surface area contributed by atoms with Gasteiger partial charge in [0.25, 0.3) is 0 Å². The van der Waals surface area contributed by atoms with E-state index in [0.717, 1.165) is 35.7 Å². The number of thiazole rings is 1. The number of methoxy groups -OCH3 is 1. The largest absolute Gasteiger partial charge is 0.375 e. The second kappa shape index (κ2) is 13.7. The predicted octanol–water partition coefficient (Wildman–Crippen LogP) is 3.99. The molecule has 1 aliphatic heterocycles. The molecule has 1 aromatic heterocycles. The highest BCUT2D eigenvalue weighted by molar-refractivity contribution is 14.0. The van der Waals surface area contributed by atoms with E-state index in [9.17, 15) is 0 Å². The summed E-state index contributed by atoms with van der Waals surface area (Å²) in [5, 5.41) is 6.61. The Hall–Kier alpha value is -0.450. The van der Waals surface area contributed by atoms with Crippen molar-refractivity contribution in [2.45, 2.75) is 52.2 Å². The molecule has 162 valence electrons. The van der Waals surface area contributed by atoms with Crippen molar-refractivity contribution < 1.29 is 4.74 Å². The number of ether oxygens (including phenoxy) is 1. The highest BCUT2D eigenvalue weighted by Crippen LogP contribution is 2.21. The third kappa shape index (κ3) is 8.51. The molecule has 2 atom stereocenters. The van der Waals surface area contributed by atoms with Crippen molar-refractivity contribution >= 4 is 41.3 Å². The van der Waals surface area contributed by atoms with E-state index < -0.39 is 0 Å². The summed E-state index contributed by atoms with van der Waals surface area (Å²) in [5.41, 5.74) is 1.06. The zero-order valence-corrected chi connectivity index (χ0v) is 21.3. The molecule has 2 rings (SSSR count). The molecule has 28 heavy (non-hydrogen) atoms. The Labute approximate surface area is 192 Å². The van der Waals surface area contributed by atoms with Crippen LogP contribution in [0.3, 0.4) is 0 Å². The quantitative estimate of drug-likeness (QED) is 0.230. The van der Waals surface area contributed by atoms with Crippen LogP contribution in [0.4, 0.5) is 0 Å². The number of aromatic nitrogens is 1. The van der Waals surface area contributed by atoms with Gasteiger partial charge < -0.3 is 19.9 Å². The molecule has 0 spiro atoms. The molecule has 1 saturated heterocycles. The Bertz CT molecular complexity index is 583. The zero-order chi connectivity index (χ0) is 19.6. The number of unbranched alkanes of at least 4 members (excludes halogenated alkanes) is 1. The molecule has 0 amide bonds.